The van der Waals surface area contributed by atoms with Crippen molar-refractivity contribution in [3.05, 3.63) is 24.3 Å². The molecule has 2 N–H and O–H groups in total. The van der Waals surface area contributed by atoms with Crippen molar-refractivity contribution in [1.29, 1.82) is 0 Å². The molecule has 1 fully saturated rings. The van der Waals surface area contributed by atoms with Gasteiger partial charge in [-0.05, 0) is 50.1 Å². The third-order valence-corrected chi connectivity index (χ3v) is 3.68. The van der Waals surface area contributed by atoms with Gasteiger partial charge in [0.15, 0.2) is 6.61 Å². The first-order chi connectivity index (χ1) is 10.2. The molecule has 0 bridgehead atoms. The summed E-state index contributed by atoms with van der Waals surface area (Å²) in [5.41, 5.74) is 0. The van der Waals surface area contributed by atoms with Crippen LogP contribution in [0.25, 0.3) is 0 Å². The molecule has 0 aliphatic carbocycles. The Morgan fingerprint density at radius 3 is 2.50 bits per heavy atom. The summed E-state index contributed by atoms with van der Waals surface area (Å²) in [6, 6.07) is 7.48. The first-order valence-electron chi connectivity index (χ1n) is 7.54. The number of benzene rings is 1. The van der Waals surface area contributed by atoms with Crippen molar-refractivity contribution in [3.63, 3.8) is 0 Å². The average Bonchev–Trinajstić information content (AvgIpc) is 2.49. The number of rotatable bonds is 6. The highest BCUT2D eigenvalue weighted by atomic mass is 35.5. The maximum absolute atomic E-state index is 11.9. The Balaban J connectivity index is 0.00000242. The van der Waals surface area contributed by atoms with E-state index in [4.69, 9.17) is 9.47 Å². The van der Waals surface area contributed by atoms with Gasteiger partial charge in [-0.1, -0.05) is 6.92 Å². The van der Waals surface area contributed by atoms with E-state index in [1.54, 1.807) is 0 Å². The summed E-state index contributed by atoms with van der Waals surface area (Å²) >= 11 is 0. The molecular weight excluding hydrogens is 304 g/mol. The number of carbonyl (C=O) groups is 1. The minimum absolute atomic E-state index is 0. The molecule has 1 amide bonds. The second kappa shape index (κ2) is 9.54. The molecule has 0 aromatic heterocycles. The number of piperidine rings is 1. The lowest BCUT2D eigenvalue weighted by atomic mass is 9.95. The Labute approximate surface area is 138 Å². The van der Waals surface area contributed by atoms with Crippen LogP contribution in [0.1, 0.15) is 20.3 Å². The Morgan fingerprint density at radius 2 is 1.91 bits per heavy atom. The number of carbonyl (C=O) groups excluding carboxylic acids is 1. The smallest absolute Gasteiger partial charge is 0.258 e. The van der Waals surface area contributed by atoms with Gasteiger partial charge in [0, 0.05) is 12.6 Å². The highest BCUT2D eigenvalue weighted by Crippen LogP contribution is 2.17. The Morgan fingerprint density at radius 1 is 1.27 bits per heavy atom. The summed E-state index contributed by atoms with van der Waals surface area (Å²) in [7, 11) is 0. The van der Waals surface area contributed by atoms with Crippen LogP contribution >= 0.6 is 12.4 Å². The predicted octanol–water partition coefficient (Wildman–Crippen LogP) is 2.00. The first kappa shape index (κ1) is 18.6. The van der Waals surface area contributed by atoms with Gasteiger partial charge in [0.25, 0.3) is 5.91 Å². The highest BCUT2D eigenvalue weighted by Gasteiger charge is 2.22. The van der Waals surface area contributed by atoms with Crippen molar-refractivity contribution in [3.8, 4) is 11.5 Å². The summed E-state index contributed by atoms with van der Waals surface area (Å²) in [4.78, 5) is 11.9. The third kappa shape index (κ3) is 5.73. The van der Waals surface area contributed by atoms with Gasteiger partial charge in [-0.2, -0.15) is 0 Å². The monoisotopic (exact) mass is 328 g/mol. The topological polar surface area (TPSA) is 59.6 Å². The minimum Gasteiger partial charge on any atom is -0.494 e. The zero-order chi connectivity index (χ0) is 15.1. The summed E-state index contributed by atoms with van der Waals surface area (Å²) in [6.45, 7) is 6.63. The summed E-state index contributed by atoms with van der Waals surface area (Å²) in [5, 5.41) is 6.31. The number of hydrogen-bond acceptors (Lipinski definition) is 4. The molecule has 6 heteroatoms. The van der Waals surface area contributed by atoms with Crippen molar-refractivity contribution >= 4 is 18.3 Å². The van der Waals surface area contributed by atoms with Gasteiger partial charge in [-0.3, -0.25) is 4.79 Å². The summed E-state index contributed by atoms with van der Waals surface area (Å²) < 4.78 is 10.8. The first-order valence-corrected chi connectivity index (χ1v) is 7.54. The van der Waals surface area contributed by atoms with E-state index in [1.165, 1.54) is 0 Å². The molecule has 22 heavy (non-hydrogen) atoms. The number of halogens is 1. The van der Waals surface area contributed by atoms with Gasteiger partial charge < -0.3 is 20.1 Å². The van der Waals surface area contributed by atoms with Crippen LogP contribution in [-0.4, -0.2) is 38.3 Å². The van der Waals surface area contributed by atoms with Crippen molar-refractivity contribution in [2.75, 3.05) is 26.3 Å². The maximum Gasteiger partial charge on any atom is 0.258 e. The Bertz CT molecular complexity index is 453. The molecule has 2 rings (SSSR count). The van der Waals surface area contributed by atoms with E-state index in [1.807, 2.05) is 31.2 Å². The Hall–Kier alpha value is -1.46. The van der Waals surface area contributed by atoms with Gasteiger partial charge in [0.2, 0.25) is 0 Å². The molecule has 1 heterocycles. The molecule has 2 atom stereocenters. The van der Waals surface area contributed by atoms with Crippen molar-refractivity contribution in [2.24, 2.45) is 5.92 Å². The highest BCUT2D eigenvalue weighted by molar-refractivity contribution is 5.85. The fourth-order valence-corrected chi connectivity index (χ4v) is 2.38. The van der Waals surface area contributed by atoms with Gasteiger partial charge in [-0.25, -0.2) is 0 Å². The van der Waals surface area contributed by atoms with E-state index in [0.717, 1.165) is 25.3 Å². The van der Waals surface area contributed by atoms with E-state index in [-0.39, 0.29) is 31.0 Å². The second-order valence-electron chi connectivity index (χ2n) is 5.34. The van der Waals surface area contributed by atoms with Crippen molar-refractivity contribution < 1.29 is 14.3 Å². The average molecular weight is 329 g/mol. The number of nitrogens with one attached hydrogen (secondary N) is 2. The predicted molar refractivity (Wildman–Crippen MR) is 88.9 cm³/mol. The van der Waals surface area contributed by atoms with E-state index >= 15 is 0 Å². The van der Waals surface area contributed by atoms with E-state index in [9.17, 15) is 4.79 Å². The standard InChI is InChI=1S/C16H24N2O3.ClH/c1-3-20-13-4-6-14(7-5-13)21-11-16(19)18-15-10-17-9-8-12(15)2;/h4-7,12,15,17H,3,8-11H2,1-2H3,(H,18,19);1H. The zero-order valence-corrected chi connectivity index (χ0v) is 13.9. The van der Waals surface area contributed by atoms with Crippen LogP contribution in [0.3, 0.4) is 0 Å². The lowest BCUT2D eigenvalue weighted by Gasteiger charge is -2.30. The number of hydrogen-bond donors (Lipinski definition) is 2. The van der Waals surface area contributed by atoms with Gasteiger partial charge in [-0.15, -0.1) is 12.4 Å². The molecule has 0 spiro atoms. The quantitative estimate of drug-likeness (QED) is 0.838. The summed E-state index contributed by atoms with van der Waals surface area (Å²) in [6.07, 6.45) is 1.09. The van der Waals surface area contributed by atoms with Crippen LogP contribution in [-0.2, 0) is 4.79 Å². The molecule has 1 aromatic rings. The van der Waals surface area contributed by atoms with Crippen molar-refractivity contribution in [2.45, 2.75) is 26.3 Å². The van der Waals surface area contributed by atoms with E-state index < -0.39 is 0 Å². The minimum atomic E-state index is -0.0792. The second-order valence-corrected chi connectivity index (χ2v) is 5.34. The molecule has 1 aromatic carbocycles. The summed E-state index contributed by atoms with van der Waals surface area (Å²) in [5.74, 6) is 1.89. The van der Waals surface area contributed by atoms with Crippen LogP contribution in [0.4, 0.5) is 0 Å². The fraction of sp³-hybridized carbons (Fsp3) is 0.562. The van der Waals surface area contributed by atoms with Crippen LogP contribution in [0, 0.1) is 5.92 Å². The van der Waals surface area contributed by atoms with Crippen LogP contribution in [0.2, 0.25) is 0 Å². The van der Waals surface area contributed by atoms with Crippen LogP contribution < -0.4 is 20.1 Å². The lowest BCUT2D eigenvalue weighted by molar-refractivity contribution is -0.124. The van der Waals surface area contributed by atoms with E-state index in [2.05, 4.69) is 17.6 Å². The van der Waals surface area contributed by atoms with Gasteiger partial charge >= 0.3 is 0 Å². The fourth-order valence-electron chi connectivity index (χ4n) is 2.38. The Kier molecular flexibility index (Phi) is 8.06. The molecule has 0 saturated carbocycles. The SMILES string of the molecule is CCOc1ccc(OCC(=O)NC2CNCCC2C)cc1.Cl. The van der Waals surface area contributed by atoms with Crippen LogP contribution in [0.15, 0.2) is 24.3 Å². The van der Waals surface area contributed by atoms with Gasteiger partial charge in [0.1, 0.15) is 11.5 Å². The van der Waals surface area contributed by atoms with Crippen molar-refractivity contribution in [1.82, 2.24) is 10.6 Å². The molecule has 1 aliphatic rings. The molecule has 2 unspecified atom stereocenters. The lowest BCUT2D eigenvalue weighted by Crippen LogP contribution is -2.51. The number of amides is 1. The molecule has 1 saturated heterocycles. The number of ether oxygens (including phenoxy) is 2. The van der Waals surface area contributed by atoms with Gasteiger partial charge in [0.05, 0.1) is 6.61 Å². The molecular formula is C16H25ClN2O3. The van der Waals surface area contributed by atoms with E-state index in [0.29, 0.717) is 18.3 Å². The van der Waals surface area contributed by atoms with Crippen LogP contribution in [0.5, 0.6) is 11.5 Å². The molecule has 1 aliphatic heterocycles. The zero-order valence-electron chi connectivity index (χ0n) is 13.1. The molecule has 124 valence electrons. The normalized spacial score (nSPS) is 20.6. The maximum atomic E-state index is 11.9. The molecule has 5 nitrogen and oxygen atoms in total. The largest absolute Gasteiger partial charge is 0.494 e. The molecule has 0 radical (unpaired) electrons. The third-order valence-electron chi connectivity index (χ3n) is 3.68.